The Morgan fingerprint density at radius 3 is 2.43 bits per heavy atom. The quantitative estimate of drug-likeness (QED) is 0.544. The van der Waals surface area contributed by atoms with Gasteiger partial charge in [-0.15, -0.1) is 0 Å². The highest BCUT2D eigenvalue weighted by atomic mass is 32.2. The van der Waals surface area contributed by atoms with Crippen molar-refractivity contribution in [2.75, 3.05) is 20.6 Å². The smallest absolute Gasteiger partial charge is 0.330 e. The number of benzene rings is 1. The van der Waals surface area contributed by atoms with Gasteiger partial charge >= 0.3 is 5.69 Å². The number of nitrogens with zero attached hydrogens (tertiary/aromatic N) is 4. The molecule has 0 aliphatic heterocycles. The van der Waals surface area contributed by atoms with E-state index in [4.69, 9.17) is 4.42 Å². The second-order valence-corrected chi connectivity index (χ2v) is 9.02. The summed E-state index contributed by atoms with van der Waals surface area (Å²) < 4.78 is 34.2. The van der Waals surface area contributed by atoms with Crippen molar-refractivity contribution < 1.29 is 17.6 Å². The SMILES string of the molecule is CN(Cc1ccco1)C(=O)CN(C)S(=O)(=O)c1ccc2c(c1)c(=O)n(C)c(=O)n2C. The lowest BCUT2D eigenvalue weighted by Gasteiger charge is -2.21. The lowest BCUT2D eigenvalue weighted by atomic mass is 10.2. The van der Waals surface area contributed by atoms with Gasteiger partial charge in [-0.1, -0.05) is 0 Å². The number of likely N-dealkylation sites (N-methyl/N-ethyl adjacent to an activating group) is 2. The van der Waals surface area contributed by atoms with Crippen molar-refractivity contribution in [2.24, 2.45) is 14.1 Å². The summed E-state index contributed by atoms with van der Waals surface area (Å²) in [7, 11) is 1.61. The fourth-order valence-corrected chi connectivity index (χ4v) is 4.18. The maximum atomic E-state index is 13.0. The van der Waals surface area contributed by atoms with E-state index in [0.717, 1.165) is 8.87 Å². The molecule has 30 heavy (non-hydrogen) atoms. The number of hydrogen-bond acceptors (Lipinski definition) is 6. The molecule has 0 fully saturated rings. The summed E-state index contributed by atoms with van der Waals surface area (Å²) in [5.74, 6) is 0.156. The number of fused-ring (bicyclic) bond motifs is 1. The molecule has 2 aromatic heterocycles. The molecule has 1 aromatic carbocycles. The van der Waals surface area contributed by atoms with Gasteiger partial charge in [0.25, 0.3) is 5.56 Å². The molecule has 3 rings (SSSR count). The third-order valence-corrected chi connectivity index (χ3v) is 6.70. The van der Waals surface area contributed by atoms with E-state index in [2.05, 4.69) is 0 Å². The van der Waals surface area contributed by atoms with Crippen molar-refractivity contribution in [2.45, 2.75) is 11.4 Å². The van der Waals surface area contributed by atoms with Gasteiger partial charge in [0, 0.05) is 28.2 Å². The van der Waals surface area contributed by atoms with Crippen molar-refractivity contribution in [3.8, 4) is 0 Å². The second kappa shape index (κ2) is 7.92. The van der Waals surface area contributed by atoms with Gasteiger partial charge in [-0.2, -0.15) is 4.31 Å². The molecule has 0 atom stereocenters. The first kappa shape index (κ1) is 21.5. The minimum absolute atomic E-state index is 0.0929. The summed E-state index contributed by atoms with van der Waals surface area (Å²) >= 11 is 0. The Bertz CT molecular complexity index is 1320. The normalized spacial score (nSPS) is 11.9. The van der Waals surface area contributed by atoms with Gasteiger partial charge in [-0.05, 0) is 30.3 Å². The van der Waals surface area contributed by atoms with E-state index in [0.29, 0.717) is 11.3 Å². The number of sulfonamides is 1. The third kappa shape index (κ3) is 3.81. The van der Waals surface area contributed by atoms with E-state index in [-0.39, 0.29) is 23.4 Å². The molecule has 0 unspecified atom stereocenters. The molecule has 11 heteroatoms. The Labute approximate surface area is 172 Å². The molecule has 0 radical (unpaired) electrons. The van der Waals surface area contributed by atoms with Crippen molar-refractivity contribution in [3.05, 3.63) is 63.2 Å². The van der Waals surface area contributed by atoms with Gasteiger partial charge < -0.3 is 9.32 Å². The molecule has 0 N–H and O–H groups in total. The molecule has 0 saturated carbocycles. The van der Waals surface area contributed by atoms with Gasteiger partial charge in [0.05, 0.1) is 35.2 Å². The molecule has 0 saturated heterocycles. The van der Waals surface area contributed by atoms with Gasteiger partial charge in [0.1, 0.15) is 5.76 Å². The van der Waals surface area contributed by atoms with Crippen molar-refractivity contribution in [1.82, 2.24) is 18.3 Å². The summed E-state index contributed by atoms with van der Waals surface area (Å²) in [6.45, 7) is -0.178. The van der Waals surface area contributed by atoms with Crippen LogP contribution in [0.1, 0.15) is 5.76 Å². The fraction of sp³-hybridized carbons (Fsp3) is 0.316. The molecule has 2 heterocycles. The van der Waals surface area contributed by atoms with E-state index >= 15 is 0 Å². The molecule has 3 aromatic rings. The van der Waals surface area contributed by atoms with Crippen molar-refractivity contribution in [1.29, 1.82) is 0 Å². The average molecular weight is 434 g/mol. The van der Waals surface area contributed by atoms with Crippen LogP contribution < -0.4 is 11.2 Å². The van der Waals surface area contributed by atoms with Crippen LogP contribution in [0.25, 0.3) is 10.9 Å². The number of carbonyl (C=O) groups excluding carboxylic acids is 1. The van der Waals surface area contributed by atoms with Crippen LogP contribution in [0.5, 0.6) is 0 Å². The summed E-state index contributed by atoms with van der Waals surface area (Å²) in [5, 5.41) is 0.0929. The molecule has 160 valence electrons. The maximum absolute atomic E-state index is 13.0. The summed E-state index contributed by atoms with van der Waals surface area (Å²) in [5.41, 5.74) is -0.786. The minimum Gasteiger partial charge on any atom is -0.467 e. The highest BCUT2D eigenvalue weighted by Crippen LogP contribution is 2.19. The number of aromatic nitrogens is 2. The largest absolute Gasteiger partial charge is 0.467 e. The van der Waals surface area contributed by atoms with Crippen LogP contribution in [0.15, 0.2) is 55.5 Å². The highest BCUT2D eigenvalue weighted by molar-refractivity contribution is 7.89. The van der Waals surface area contributed by atoms with Gasteiger partial charge in [-0.25, -0.2) is 13.2 Å². The molecule has 0 aliphatic rings. The Balaban J connectivity index is 1.89. The Morgan fingerprint density at radius 2 is 1.80 bits per heavy atom. The molecule has 0 spiro atoms. The Morgan fingerprint density at radius 1 is 1.10 bits per heavy atom. The standard InChI is InChI=1S/C19H22N4O6S/c1-20(11-13-6-5-9-29-13)17(24)12-21(2)30(27,28)14-7-8-16-15(10-14)18(25)23(4)19(26)22(16)3/h5-10H,11-12H2,1-4H3. The van der Waals surface area contributed by atoms with Gasteiger partial charge in [-0.3, -0.25) is 18.7 Å². The number of amides is 1. The van der Waals surface area contributed by atoms with Crippen LogP contribution in [-0.4, -0.2) is 53.3 Å². The first-order chi connectivity index (χ1) is 14.0. The zero-order valence-corrected chi connectivity index (χ0v) is 17.8. The first-order valence-corrected chi connectivity index (χ1v) is 10.4. The lowest BCUT2D eigenvalue weighted by Crippen LogP contribution is -2.39. The van der Waals surface area contributed by atoms with Crippen LogP contribution in [-0.2, 0) is 35.5 Å². The predicted octanol–water partition coefficient (Wildman–Crippen LogP) is 0.109. The van der Waals surface area contributed by atoms with E-state index in [1.807, 2.05) is 0 Å². The number of carbonyl (C=O) groups is 1. The summed E-state index contributed by atoms with van der Waals surface area (Å²) in [6.07, 6.45) is 1.49. The molecular formula is C19H22N4O6S. The molecule has 10 nitrogen and oxygen atoms in total. The van der Waals surface area contributed by atoms with E-state index < -0.39 is 27.2 Å². The minimum atomic E-state index is -4.05. The van der Waals surface area contributed by atoms with Crippen molar-refractivity contribution in [3.63, 3.8) is 0 Å². The van der Waals surface area contributed by atoms with Gasteiger partial charge in [0.2, 0.25) is 15.9 Å². The van der Waals surface area contributed by atoms with Gasteiger partial charge in [0.15, 0.2) is 0 Å². The molecule has 0 aliphatic carbocycles. The average Bonchev–Trinajstić information content (AvgIpc) is 3.22. The predicted molar refractivity (Wildman–Crippen MR) is 109 cm³/mol. The lowest BCUT2D eigenvalue weighted by molar-refractivity contribution is -0.130. The fourth-order valence-electron chi connectivity index (χ4n) is 3.04. The zero-order valence-electron chi connectivity index (χ0n) is 17.0. The summed E-state index contributed by atoms with van der Waals surface area (Å²) in [6, 6.07) is 7.35. The third-order valence-electron chi connectivity index (χ3n) is 4.90. The number of rotatable bonds is 6. The van der Waals surface area contributed by atoms with Crippen LogP contribution >= 0.6 is 0 Å². The maximum Gasteiger partial charge on any atom is 0.330 e. The van der Waals surface area contributed by atoms with Crippen LogP contribution in [0.4, 0.5) is 0 Å². The number of hydrogen-bond donors (Lipinski definition) is 0. The second-order valence-electron chi connectivity index (χ2n) is 6.97. The zero-order chi connectivity index (χ0) is 22.2. The Hall–Kier alpha value is -3.18. The number of aryl methyl sites for hydroxylation is 1. The topological polar surface area (TPSA) is 115 Å². The van der Waals surface area contributed by atoms with E-state index in [1.165, 1.54) is 55.1 Å². The highest BCUT2D eigenvalue weighted by Gasteiger charge is 2.25. The summed E-state index contributed by atoms with van der Waals surface area (Å²) in [4.78, 5) is 38.1. The van der Waals surface area contributed by atoms with Crippen LogP contribution in [0, 0.1) is 0 Å². The molecule has 1 amide bonds. The first-order valence-electron chi connectivity index (χ1n) is 8.96. The van der Waals surface area contributed by atoms with Crippen LogP contribution in [0.2, 0.25) is 0 Å². The Kier molecular flexibility index (Phi) is 5.68. The monoisotopic (exact) mass is 434 g/mol. The molecule has 0 bridgehead atoms. The van der Waals surface area contributed by atoms with Crippen molar-refractivity contribution >= 4 is 26.8 Å². The number of furan rings is 1. The van der Waals surface area contributed by atoms with E-state index in [9.17, 15) is 22.8 Å². The van der Waals surface area contributed by atoms with E-state index in [1.54, 1.807) is 19.2 Å². The molecular weight excluding hydrogens is 412 g/mol. The van der Waals surface area contributed by atoms with Crippen LogP contribution in [0.3, 0.4) is 0 Å².